The SMILES string of the molecule is N#Cc1cc(F)c(N=C(N)N=C(N)N)c(Br)c1F. The second-order valence-electron chi connectivity index (χ2n) is 3.00. The fourth-order valence-corrected chi connectivity index (χ4v) is 1.53. The number of hydrogen-bond donors (Lipinski definition) is 3. The molecule has 0 aromatic heterocycles. The molecule has 94 valence electrons. The maximum Gasteiger partial charge on any atom is 0.223 e. The van der Waals surface area contributed by atoms with Crippen LogP contribution in [0.2, 0.25) is 0 Å². The van der Waals surface area contributed by atoms with Gasteiger partial charge in [0.25, 0.3) is 0 Å². The van der Waals surface area contributed by atoms with E-state index in [4.69, 9.17) is 22.5 Å². The molecule has 0 bridgehead atoms. The van der Waals surface area contributed by atoms with Gasteiger partial charge in [0.05, 0.1) is 10.0 Å². The largest absolute Gasteiger partial charge is 0.370 e. The summed E-state index contributed by atoms with van der Waals surface area (Å²) in [6.07, 6.45) is 0. The van der Waals surface area contributed by atoms with Crippen LogP contribution in [0.1, 0.15) is 5.56 Å². The first kappa shape index (κ1) is 13.9. The molecule has 0 saturated carbocycles. The third-order valence-electron chi connectivity index (χ3n) is 1.72. The van der Waals surface area contributed by atoms with Crippen molar-refractivity contribution >= 4 is 33.5 Å². The summed E-state index contributed by atoms with van der Waals surface area (Å²) in [4.78, 5) is 6.86. The number of aliphatic imine (C=N–C) groups is 2. The molecular weight excluding hydrogens is 310 g/mol. The van der Waals surface area contributed by atoms with Crippen molar-refractivity contribution in [2.45, 2.75) is 0 Å². The van der Waals surface area contributed by atoms with Crippen LogP contribution in [0, 0.1) is 23.0 Å². The van der Waals surface area contributed by atoms with Crippen LogP contribution < -0.4 is 17.2 Å². The Morgan fingerprint density at radius 3 is 2.44 bits per heavy atom. The molecule has 0 fully saturated rings. The Hall–Kier alpha value is -2.21. The minimum absolute atomic E-state index is 0.340. The Balaban J connectivity index is 3.41. The van der Waals surface area contributed by atoms with E-state index in [9.17, 15) is 8.78 Å². The third kappa shape index (κ3) is 2.92. The predicted octanol–water partition coefficient (Wildman–Crippen LogP) is 0.819. The fraction of sp³-hybridized carbons (Fsp3) is 0. The second-order valence-corrected chi connectivity index (χ2v) is 3.79. The summed E-state index contributed by atoms with van der Waals surface area (Å²) < 4.78 is 26.7. The van der Waals surface area contributed by atoms with E-state index >= 15 is 0 Å². The second kappa shape index (κ2) is 5.42. The van der Waals surface area contributed by atoms with Crippen molar-refractivity contribution in [1.82, 2.24) is 0 Å². The van der Waals surface area contributed by atoms with Gasteiger partial charge in [-0.2, -0.15) is 10.3 Å². The van der Waals surface area contributed by atoms with Crippen molar-refractivity contribution in [2.24, 2.45) is 27.2 Å². The molecule has 0 heterocycles. The minimum Gasteiger partial charge on any atom is -0.370 e. The van der Waals surface area contributed by atoms with Crippen molar-refractivity contribution in [3.05, 3.63) is 27.7 Å². The number of nitrogens with zero attached hydrogens (tertiary/aromatic N) is 3. The molecule has 0 aliphatic rings. The molecule has 0 aliphatic heterocycles. The quantitative estimate of drug-likeness (QED) is 0.402. The van der Waals surface area contributed by atoms with Gasteiger partial charge in [0.2, 0.25) is 5.96 Å². The van der Waals surface area contributed by atoms with Gasteiger partial charge in [-0.3, -0.25) is 0 Å². The Kier molecular flexibility index (Phi) is 4.17. The van der Waals surface area contributed by atoms with E-state index in [-0.39, 0.29) is 10.4 Å². The third-order valence-corrected chi connectivity index (χ3v) is 2.45. The molecule has 6 nitrogen and oxygen atoms in total. The standard InChI is InChI=1S/C9H7BrF2N6/c10-5-6(12)3(2-13)1-4(11)7(5)17-9(16)18-8(14)15/h1H,(H6,14,15,16,17,18). The van der Waals surface area contributed by atoms with Crippen LogP contribution in [0.15, 0.2) is 20.5 Å². The van der Waals surface area contributed by atoms with Gasteiger partial charge in [0.1, 0.15) is 11.8 Å². The van der Waals surface area contributed by atoms with Crippen LogP contribution in [0.5, 0.6) is 0 Å². The molecule has 18 heavy (non-hydrogen) atoms. The lowest BCUT2D eigenvalue weighted by Gasteiger charge is -2.04. The molecule has 1 aromatic rings. The summed E-state index contributed by atoms with van der Waals surface area (Å²) in [5.41, 5.74) is 14.5. The van der Waals surface area contributed by atoms with E-state index in [2.05, 4.69) is 25.9 Å². The van der Waals surface area contributed by atoms with E-state index < -0.39 is 28.8 Å². The van der Waals surface area contributed by atoms with Crippen LogP contribution in [-0.2, 0) is 0 Å². The van der Waals surface area contributed by atoms with Gasteiger partial charge in [-0.1, -0.05) is 0 Å². The molecule has 0 atom stereocenters. The van der Waals surface area contributed by atoms with Gasteiger partial charge in [-0.15, -0.1) is 0 Å². The van der Waals surface area contributed by atoms with Crippen molar-refractivity contribution in [3.8, 4) is 6.07 Å². The lowest BCUT2D eigenvalue weighted by Crippen LogP contribution is -2.26. The van der Waals surface area contributed by atoms with Crippen LogP contribution >= 0.6 is 15.9 Å². The van der Waals surface area contributed by atoms with Crippen molar-refractivity contribution in [1.29, 1.82) is 5.26 Å². The minimum atomic E-state index is -0.949. The first-order valence-corrected chi connectivity index (χ1v) is 5.17. The molecule has 1 aromatic carbocycles. The zero-order valence-corrected chi connectivity index (χ0v) is 10.4. The summed E-state index contributed by atoms with van der Waals surface area (Å²) in [6.45, 7) is 0. The maximum atomic E-state index is 13.6. The van der Waals surface area contributed by atoms with E-state index in [1.807, 2.05) is 0 Å². The summed E-state index contributed by atoms with van der Waals surface area (Å²) in [7, 11) is 0. The van der Waals surface area contributed by atoms with Crippen molar-refractivity contribution < 1.29 is 8.78 Å². The molecule has 0 amide bonds. The topological polar surface area (TPSA) is 127 Å². The predicted molar refractivity (Wildman–Crippen MR) is 65.9 cm³/mol. The van der Waals surface area contributed by atoms with E-state index in [0.717, 1.165) is 0 Å². The summed E-state index contributed by atoms with van der Waals surface area (Å²) in [5.74, 6) is -2.70. The smallest absolute Gasteiger partial charge is 0.223 e. The Morgan fingerprint density at radius 1 is 1.33 bits per heavy atom. The highest BCUT2D eigenvalue weighted by Gasteiger charge is 2.16. The summed E-state index contributed by atoms with van der Waals surface area (Å²) in [5, 5.41) is 8.57. The van der Waals surface area contributed by atoms with Gasteiger partial charge in [-0.05, 0) is 22.0 Å². The number of rotatable bonds is 1. The molecule has 6 N–H and O–H groups in total. The maximum absolute atomic E-state index is 13.6. The van der Waals surface area contributed by atoms with Crippen LogP contribution in [0.4, 0.5) is 14.5 Å². The summed E-state index contributed by atoms with van der Waals surface area (Å²) in [6, 6.07) is 2.19. The normalized spacial score (nSPS) is 10.9. The van der Waals surface area contributed by atoms with Crippen LogP contribution in [-0.4, -0.2) is 11.9 Å². The van der Waals surface area contributed by atoms with Crippen LogP contribution in [0.3, 0.4) is 0 Å². The molecule has 0 spiro atoms. The average Bonchev–Trinajstić information content (AvgIpc) is 2.28. The van der Waals surface area contributed by atoms with Gasteiger partial charge in [0.15, 0.2) is 17.6 Å². The average molecular weight is 317 g/mol. The number of benzene rings is 1. The first-order chi connectivity index (χ1) is 8.36. The van der Waals surface area contributed by atoms with E-state index in [1.165, 1.54) is 6.07 Å². The van der Waals surface area contributed by atoms with E-state index in [0.29, 0.717) is 6.07 Å². The highest BCUT2D eigenvalue weighted by atomic mass is 79.9. The fourth-order valence-electron chi connectivity index (χ4n) is 1.04. The number of halogens is 3. The molecule has 9 heteroatoms. The molecule has 0 unspecified atom stereocenters. The van der Waals surface area contributed by atoms with Gasteiger partial charge >= 0.3 is 0 Å². The lowest BCUT2D eigenvalue weighted by molar-refractivity contribution is 0.593. The van der Waals surface area contributed by atoms with E-state index in [1.54, 1.807) is 0 Å². The molecule has 0 aliphatic carbocycles. The number of guanidine groups is 2. The Labute approximate surface area is 109 Å². The van der Waals surface area contributed by atoms with Crippen LogP contribution in [0.25, 0.3) is 0 Å². The molecule has 0 radical (unpaired) electrons. The molecular formula is C9H7BrF2N6. The zero-order chi connectivity index (χ0) is 13.9. The highest BCUT2D eigenvalue weighted by molar-refractivity contribution is 9.10. The zero-order valence-electron chi connectivity index (χ0n) is 8.78. The molecule has 0 saturated heterocycles. The Bertz CT molecular complexity index is 586. The van der Waals surface area contributed by atoms with Gasteiger partial charge in [0, 0.05) is 0 Å². The molecule has 1 rings (SSSR count). The van der Waals surface area contributed by atoms with Gasteiger partial charge in [-0.25, -0.2) is 13.8 Å². The highest BCUT2D eigenvalue weighted by Crippen LogP contribution is 2.33. The first-order valence-electron chi connectivity index (χ1n) is 4.38. The van der Waals surface area contributed by atoms with Crippen molar-refractivity contribution in [2.75, 3.05) is 0 Å². The van der Waals surface area contributed by atoms with Gasteiger partial charge < -0.3 is 17.2 Å². The number of nitrogens with two attached hydrogens (primary N) is 3. The summed E-state index contributed by atoms with van der Waals surface area (Å²) >= 11 is 2.78. The number of nitriles is 1. The van der Waals surface area contributed by atoms with Crippen molar-refractivity contribution in [3.63, 3.8) is 0 Å². The lowest BCUT2D eigenvalue weighted by atomic mass is 10.2. The Morgan fingerprint density at radius 2 is 1.94 bits per heavy atom. The number of hydrogen-bond acceptors (Lipinski definition) is 2. The monoisotopic (exact) mass is 316 g/mol.